The van der Waals surface area contributed by atoms with Crippen molar-refractivity contribution in [2.45, 2.75) is 63.1 Å². The van der Waals surface area contributed by atoms with Crippen LogP contribution in [0.4, 0.5) is 0 Å². The van der Waals surface area contributed by atoms with Crippen LogP contribution in [0.1, 0.15) is 44.9 Å². The molecule has 2 heterocycles. The molecule has 2 saturated heterocycles. The summed E-state index contributed by atoms with van der Waals surface area (Å²) < 4.78 is 0. The highest BCUT2D eigenvalue weighted by Gasteiger charge is 2.37. The average molecular weight is 439 g/mol. The van der Waals surface area contributed by atoms with E-state index in [0.717, 1.165) is 38.5 Å². The van der Waals surface area contributed by atoms with Gasteiger partial charge in [-0.2, -0.15) is 0 Å². The lowest BCUT2D eigenvalue weighted by molar-refractivity contribution is -0.140. The van der Waals surface area contributed by atoms with Gasteiger partial charge in [0.05, 0.1) is 12.1 Å². The molecule has 0 bridgehead atoms. The standard InChI is InChI=1S/C17H30N6O3.2ClH/c18-17(19)21-9-3-5-12(11-24)22-15(25)14-7-4-10-23(14)16(26)13-6-1-2-8-20-13;;/h11-14,20H,1-10H2,(H,22,25)(H4,18,19,21);2*1H/t12-,13+,14-;;/m0../s1. The zero-order valence-corrected chi connectivity index (χ0v) is 17.6. The molecule has 2 amide bonds. The normalized spacial score (nSPS) is 22.2. The van der Waals surface area contributed by atoms with Gasteiger partial charge in [-0.05, 0) is 45.1 Å². The minimum absolute atomic E-state index is 0. The van der Waals surface area contributed by atoms with Crippen LogP contribution in [0.3, 0.4) is 0 Å². The lowest BCUT2D eigenvalue weighted by Gasteiger charge is -2.31. The maximum absolute atomic E-state index is 12.7. The van der Waals surface area contributed by atoms with E-state index in [0.29, 0.717) is 32.4 Å². The molecule has 2 rings (SSSR count). The number of carbonyl (C=O) groups excluding carboxylic acids is 3. The highest BCUT2D eigenvalue weighted by atomic mass is 35.5. The number of rotatable bonds is 8. The van der Waals surface area contributed by atoms with Crippen molar-refractivity contribution in [3.8, 4) is 0 Å². The zero-order chi connectivity index (χ0) is 18.9. The first kappa shape index (κ1) is 26.4. The Morgan fingerprint density at radius 2 is 2.00 bits per heavy atom. The number of hydrogen-bond acceptors (Lipinski definition) is 5. The molecule has 0 saturated carbocycles. The SMILES string of the molecule is Cl.Cl.N=C(N)NCCC[C@@H](C=O)NC(=O)[C@@H]1CCCN1C(=O)[C@H]1CCCCN1. The van der Waals surface area contributed by atoms with E-state index in [1.807, 2.05) is 0 Å². The summed E-state index contributed by atoms with van der Waals surface area (Å²) >= 11 is 0. The van der Waals surface area contributed by atoms with E-state index in [-0.39, 0.29) is 48.6 Å². The Morgan fingerprint density at radius 1 is 1.25 bits per heavy atom. The summed E-state index contributed by atoms with van der Waals surface area (Å²) in [4.78, 5) is 38.2. The summed E-state index contributed by atoms with van der Waals surface area (Å²) in [5, 5.41) is 15.7. The average Bonchev–Trinajstić information content (AvgIpc) is 3.13. The van der Waals surface area contributed by atoms with Crippen molar-refractivity contribution in [1.82, 2.24) is 20.9 Å². The Labute approximate surface area is 178 Å². The third-order valence-electron chi connectivity index (χ3n) is 4.95. The Balaban J connectivity index is 0.00000364. The van der Waals surface area contributed by atoms with Gasteiger partial charge in [0, 0.05) is 13.1 Å². The molecule has 0 aromatic rings. The molecule has 0 aliphatic carbocycles. The first-order chi connectivity index (χ1) is 12.5. The third-order valence-corrected chi connectivity index (χ3v) is 4.95. The molecule has 0 unspecified atom stereocenters. The van der Waals surface area contributed by atoms with E-state index in [2.05, 4.69) is 16.0 Å². The fourth-order valence-corrected chi connectivity index (χ4v) is 3.56. The van der Waals surface area contributed by atoms with Crippen molar-refractivity contribution in [2.75, 3.05) is 19.6 Å². The largest absolute Gasteiger partial charge is 0.370 e. The molecule has 11 heteroatoms. The minimum Gasteiger partial charge on any atom is -0.370 e. The van der Waals surface area contributed by atoms with Gasteiger partial charge in [0.15, 0.2) is 5.96 Å². The molecule has 0 aromatic carbocycles. The number of carbonyl (C=O) groups is 3. The number of hydrogen-bond donors (Lipinski definition) is 5. The topological polar surface area (TPSA) is 140 Å². The van der Waals surface area contributed by atoms with Crippen molar-refractivity contribution in [3.05, 3.63) is 0 Å². The number of nitrogens with zero attached hydrogens (tertiary/aromatic N) is 1. The Kier molecular flexibility index (Phi) is 12.8. The van der Waals surface area contributed by atoms with E-state index in [1.165, 1.54) is 0 Å². The predicted octanol–water partition coefficient (Wildman–Crippen LogP) is -0.0899. The summed E-state index contributed by atoms with van der Waals surface area (Å²) in [6, 6.07) is -1.29. The number of guanidine groups is 1. The van der Waals surface area contributed by atoms with Gasteiger partial charge in [0.1, 0.15) is 12.3 Å². The first-order valence-electron chi connectivity index (χ1n) is 9.40. The highest BCUT2D eigenvalue weighted by molar-refractivity contribution is 5.91. The Bertz CT molecular complexity index is 531. The van der Waals surface area contributed by atoms with E-state index < -0.39 is 12.1 Å². The second kappa shape index (κ2) is 13.6. The van der Waals surface area contributed by atoms with E-state index in [9.17, 15) is 14.4 Å². The van der Waals surface area contributed by atoms with Crippen LogP contribution in [-0.4, -0.2) is 66.7 Å². The molecule has 0 radical (unpaired) electrons. The summed E-state index contributed by atoms with van der Waals surface area (Å²) in [6.07, 6.45) is 6.11. The van der Waals surface area contributed by atoms with E-state index in [1.54, 1.807) is 4.90 Å². The predicted molar refractivity (Wildman–Crippen MR) is 112 cm³/mol. The second-order valence-electron chi connectivity index (χ2n) is 6.93. The van der Waals surface area contributed by atoms with Gasteiger partial charge in [-0.3, -0.25) is 15.0 Å². The van der Waals surface area contributed by atoms with Gasteiger partial charge in [0.25, 0.3) is 0 Å². The molecule has 0 spiro atoms. The molecule has 162 valence electrons. The highest BCUT2D eigenvalue weighted by Crippen LogP contribution is 2.21. The van der Waals surface area contributed by atoms with Gasteiger partial charge in [-0.15, -0.1) is 24.8 Å². The molecule has 0 aromatic heterocycles. The quantitative estimate of drug-likeness (QED) is 0.155. The summed E-state index contributed by atoms with van der Waals surface area (Å²) in [6.45, 7) is 1.89. The number of likely N-dealkylation sites (tertiary alicyclic amines) is 1. The number of nitrogens with one attached hydrogen (secondary N) is 4. The van der Waals surface area contributed by atoms with Crippen LogP contribution in [0.15, 0.2) is 0 Å². The van der Waals surface area contributed by atoms with Crippen LogP contribution in [0.25, 0.3) is 0 Å². The van der Waals surface area contributed by atoms with Crippen molar-refractivity contribution in [3.63, 3.8) is 0 Å². The van der Waals surface area contributed by atoms with Gasteiger partial charge < -0.3 is 31.4 Å². The van der Waals surface area contributed by atoms with Crippen molar-refractivity contribution < 1.29 is 14.4 Å². The molecule has 6 N–H and O–H groups in total. The summed E-state index contributed by atoms with van der Waals surface area (Å²) in [5.74, 6) is -0.382. The van der Waals surface area contributed by atoms with Gasteiger partial charge in [0.2, 0.25) is 11.8 Å². The molecule has 2 aliphatic rings. The van der Waals surface area contributed by atoms with Crippen LogP contribution in [0.5, 0.6) is 0 Å². The maximum atomic E-state index is 12.7. The summed E-state index contributed by atoms with van der Waals surface area (Å²) in [5.41, 5.74) is 5.20. The lowest BCUT2D eigenvalue weighted by Crippen LogP contribution is -2.54. The monoisotopic (exact) mass is 438 g/mol. The fourth-order valence-electron chi connectivity index (χ4n) is 3.56. The molecule has 3 atom stereocenters. The lowest BCUT2D eigenvalue weighted by atomic mass is 10.0. The molecule has 9 nitrogen and oxygen atoms in total. The Hall–Kier alpha value is -1.58. The number of halogens is 2. The number of amides is 2. The minimum atomic E-state index is -0.596. The molecular formula is C17H32Cl2N6O3. The van der Waals surface area contributed by atoms with Gasteiger partial charge >= 0.3 is 0 Å². The molecule has 2 aliphatic heterocycles. The van der Waals surface area contributed by atoms with Crippen LogP contribution >= 0.6 is 24.8 Å². The maximum Gasteiger partial charge on any atom is 0.243 e. The Morgan fingerprint density at radius 3 is 2.61 bits per heavy atom. The van der Waals surface area contributed by atoms with Crippen molar-refractivity contribution in [2.24, 2.45) is 5.73 Å². The first-order valence-corrected chi connectivity index (χ1v) is 9.40. The molecular weight excluding hydrogens is 407 g/mol. The van der Waals surface area contributed by atoms with Crippen molar-refractivity contribution in [1.29, 1.82) is 5.41 Å². The number of piperidine rings is 1. The van der Waals surface area contributed by atoms with Crippen LogP contribution < -0.4 is 21.7 Å². The van der Waals surface area contributed by atoms with Crippen molar-refractivity contribution >= 4 is 48.9 Å². The zero-order valence-electron chi connectivity index (χ0n) is 15.9. The molecule has 28 heavy (non-hydrogen) atoms. The second-order valence-corrected chi connectivity index (χ2v) is 6.93. The van der Waals surface area contributed by atoms with E-state index >= 15 is 0 Å². The van der Waals surface area contributed by atoms with Crippen LogP contribution in [0, 0.1) is 5.41 Å². The third kappa shape index (κ3) is 7.81. The summed E-state index contributed by atoms with van der Waals surface area (Å²) in [7, 11) is 0. The van der Waals surface area contributed by atoms with Crippen LogP contribution in [0.2, 0.25) is 0 Å². The molecule has 2 fully saturated rings. The number of aldehydes is 1. The smallest absolute Gasteiger partial charge is 0.243 e. The van der Waals surface area contributed by atoms with Gasteiger partial charge in [-0.25, -0.2) is 0 Å². The fraction of sp³-hybridized carbons (Fsp3) is 0.765. The number of nitrogens with two attached hydrogens (primary N) is 1. The van der Waals surface area contributed by atoms with E-state index in [4.69, 9.17) is 11.1 Å². The van der Waals surface area contributed by atoms with Crippen LogP contribution in [-0.2, 0) is 14.4 Å². The van der Waals surface area contributed by atoms with Gasteiger partial charge in [-0.1, -0.05) is 6.42 Å².